The first kappa shape index (κ1) is 99.5. The van der Waals surface area contributed by atoms with E-state index >= 15 is 0 Å². The number of hydrogen-bond donors (Lipinski definition) is 9. The fourth-order valence-electron chi connectivity index (χ4n) is 14.0. The monoisotopic (exact) mass is 1500 g/mol. The van der Waals surface area contributed by atoms with E-state index in [1.54, 1.807) is 6.08 Å². The van der Waals surface area contributed by atoms with Crippen LogP contribution in [-0.2, 0) is 23.7 Å². The highest BCUT2D eigenvalue weighted by atomic mass is 16.7. The quantitative estimate of drug-likeness (QED) is 0.0204. The second-order valence-corrected chi connectivity index (χ2v) is 30.6. The molecule has 0 aliphatic carbocycles. The minimum Gasteiger partial charge on any atom is -0.394 e. The van der Waals surface area contributed by atoms with E-state index in [4.69, 9.17) is 18.9 Å². The van der Waals surface area contributed by atoms with Crippen LogP contribution in [0.2, 0.25) is 0 Å². The first-order chi connectivity index (χ1) is 52.6. The number of aliphatic hydroxyl groups is 8. The number of carbonyl (C=O) groups excluding carboxylic acids is 1. The molecule has 14 heteroatoms. The van der Waals surface area contributed by atoms with Crippen molar-refractivity contribution in [3.05, 3.63) is 122 Å². The largest absolute Gasteiger partial charge is 0.394 e. The summed E-state index contributed by atoms with van der Waals surface area (Å²) in [5, 5.41) is 87.8. The number of amides is 1. The zero-order chi connectivity index (χ0) is 77.2. The Morgan fingerprint density at radius 3 is 1.03 bits per heavy atom. The lowest BCUT2D eigenvalue weighted by Crippen LogP contribution is -2.65. The molecule has 14 nitrogen and oxygen atoms in total. The number of unbranched alkanes of at least 4 members (excludes halogenated alkanes) is 43. The standard InChI is InChI=1S/C93H163NO13/c1-3-5-7-9-11-13-15-17-19-21-23-25-27-29-31-33-35-37-38-39-40-41-42-43-44-45-47-49-51-53-55-57-59-61-63-65-67-69-71-73-75-77-85(98)94-81(80-104-92-90(103)88(101)91(84(79-96)106-92)107-93-89(102)87(100)86(99)83(78-95)105-93)82(97)76-74-72-70-68-66-64-62-60-58-56-54-52-50-48-46-36-34-32-30-28-26-24-22-20-18-16-14-12-10-8-6-4-2/h5,7,11,13,17,19,23,25,29,31,35,37,39-40,42-43,66,68,74,76,81-84,86-93,95-97,99-103H,3-4,6,8-10,12,14-16,18,20-22,24,26-28,30,32-34,36,38,41,44-65,67,69-73,75,77-80H2,1-2H3,(H,94,98)/b7-5-,13-11-,19-17-,25-23-,31-29-,37-35-,40-39-,43-42-,68-66+,76-74+. The Kier molecular flexibility index (Phi) is 69.8. The van der Waals surface area contributed by atoms with Crippen molar-refractivity contribution >= 4 is 5.91 Å². The van der Waals surface area contributed by atoms with E-state index in [2.05, 4.69) is 129 Å². The number of carbonyl (C=O) groups is 1. The average Bonchev–Trinajstić information content (AvgIpc) is 0.789. The fourth-order valence-corrected chi connectivity index (χ4v) is 14.0. The molecule has 0 bridgehead atoms. The second-order valence-electron chi connectivity index (χ2n) is 30.6. The van der Waals surface area contributed by atoms with Crippen molar-refractivity contribution in [2.24, 2.45) is 0 Å². The summed E-state index contributed by atoms with van der Waals surface area (Å²) in [5.41, 5.74) is 0. The number of hydrogen-bond acceptors (Lipinski definition) is 13. The predicted molar refractivity (Wildman–Crippen MR) is 447 cm³/mol. The topological polar surface area (TPSA) is 228 Å². The molecule has 2 aliphatic heterocycles. The van der Waals surface area contributed by atoms with Gasteiger partial charge >= 0.3 is 0 Å². The molecule has 2 rings (SSSR count). The van der Waals surface area contributed by atoms with Gasteiger partial charge in [0.1, 0.15) is 48.8 Å². The van der Waals surface area contributed by atoms with Crippen LogP contribution in [0.25, 0.3) is 0 Å². The molecule has 2 aliphatic rings. The number of aliphatic hydroxyl groups excluding tert-OH is 8. The van der Waals surface area contributed by atoms with Crippen LogP contribution >= 0.6 is 0 Å². The lowest BCUT2D eigenvalue weighted by atomic mass is 9.97. The van der Waals surface area contributed by atoms with Gasteiger partial charge < -0.3 is 65.1 Å². The van der Waals surface area contributed by atoms with E-state index in [1.807, 2.05) is 6.08 Å². The molecule has 0 aromatic rings. The van der Waals surface area contributed by atoms with Crippen molar-refractivity contribution in [1.82, 2.24) is 5.32 Å². The lowest BCUT2D eigenvalue weighted by Gasteiger charge is -2.46. The van der Waals surface area contributed by atoms with E-state index in [0.717, 1.165) is 83.5 Å². The van der Waals surface area contributed by atoms with Gasteiger partial charge in [0.15, 0.2) is 12.6 Å². The summed E-state index contributed by atoms with van der Waals surface area (Å²) in [4.78, 5) is 13.4. The third-order valence-corrected chi connectivity index (χ3v) is 20.9. The molecule has 618 valence electrons. The van der Waals surface area contributed by atoms with Crippen LogP contribution in [0.1, 0.15) is 367 Å². The summed E-state index contributed by atoms with van der Waals surface area (Å²) in [7, 11) is 0. The molecule has 12 atom stereocenters. The fraction of sp³-hybridized carbons (Fsp3) is 0.774. The summed E-state index contributed by atoms with van der Waals surface area (Å²) in [6, 6.07) is -0.940. The Morgan fingerprint density at radius 2 is 0.654 bits per heavy atom. The van der Waals surface area contributed by atoms with Gasteiger partial charge in [0.2, 0.25) is 5.91 Å². The maximum atomic E-state index is 13.4. The zero-order valence-corrected chi connectivity index (χ0v) is 68.1. The molecule has 12 unspecified atom stereocenters. The van der Waals surface area contributed by atoms with Gasteiger partial charge in [-0.05, 0) is 96.3 Å². The maximum absolute atomic E-state index is 13.4. The van der Waals surface area contributed by atoms with Crippen molar-refractivity contribution in [3.63, 3.8) is 0 Å². The number of rotatable bonds is 74. The molecule has 9 N–H and O–H groups in total. The van der Waals surface area contributed by atoms with Crippen molar-refractivity contribution in [2.45, 2.75) is 441 Å². The predicted octanol–water partition coefficient (Wildman–Crippen LogP) is 21.5. The smallest absolute Gasteiger partial charge is 0.220 e. The molecule has 2 heterocycles. The van der Waals surface area contributed by atoms with Crippen molar-refractivity contribution in [2.75, 3.05) is 19.8 Å². The van der Waals surface area contributed by atoms with Gasteiger partial charge in [0.25, 0.3) is 0 Å². The van der Waals surface area contributed by atoms with Crippen LogP contribution < -0.4 is 5.32 Å². The normalized spacial score (nSPS) is 21.8. The average molecular weight is 1500 g/mol. The Balaban J connectivity index is 1.59. The summed E-state index contributed by atoms with van der Waals surface area (Å²) >= 11 is 0. The van der Waals surface area contributed by atoms with Gasteiger partial charge in [0, 0.05) is 6.42 Å². The first-order valence-electron chi connectivity index (χ1n) is 44.3. The van der Waals surface area contributed by atoms with Gasteiger partial charge in [-0.2, -0.15) is 0 Å². The van der Waals surface area contributed by atoms with Crippen molar-refractivity contribution in [1.29, 1.82) is 0 Å². The van der Waals surface area contributed by atoms with Crippen LogP contribution in [-0.4, -0.2) is 140 Å². The second kappa shape index (κ2) is 75.1. The third kappa shape index (κ3) is 57.1. The number of allylic oxidation sites excluding steroid dienone is 19. The SMILES string of the molecule is CC/C=C\C/C=C\C/C=C\C/C=C\C/C=C\C/C=C\C/C=C\C/C=C\CCCCCCCCCCCCCCCCCCC(=O)NC(COC1OC(CO)C(OC2OC(CO)C(O)C(O)C2O)C(O)C1O)C(O)/C=C/CC/C=C/CCCCCCCCCCCCCCCCCCCCCCCCCCCC. The van der Waals surface area contributed by atoms with E-state index < -0.39 is 86.8 Å². The number of nitrogens with one attached hydrogen (secondary N) is 1. The minimum absolute atomic E-state index is 0.248. The Hall–Kier alpha value is -3.61. The molecular weight excluding hydrogens is 1340 g/mol. The van der Waals surface area contributed by atoms with Crippen LogP contribution in [0.15, 0.2) is 122 Å². The molecule has 0 aromatic carbocycles. The van der Waals surface area contributed by atoms with Crippen LogP contribution in [0, 0.1) is 0 Å². The Bertz CT molecular complexity index is 2270. The summed E-state index contributed by atoms with van der Waals surface area (Å²) in [6.07, 6.45) is 94.5. The molecule has 2 fully saturated rings. The first-order valence-corrected chi connectivity index (χ1v) is 44.3. The zero-order valence-electron chi connectivity index (χ0n) is 68.1. The van der Waals surface area contributed by atoms with Gasteiger partial charge in [-0.15, -0.1) is 0 Å². The Morgan fingerprint density at radius 1 is 0.346 bits per heavy atom. The molecule has 0 saturated carbocycles. The van der Waals surface area contributed by atoms with Gasteiger partial charge in [-0.1, -0.05) is 386 Å². The molecule has 107 heavy (non-hydrogen) atoms. The van der Waals surface area contributed by atoms with E-state index in [9.17, 15) is 45.6 Å². The molecule has 0 spiro atoms. The summed E-state index contributed by atoms with van der Waals surface area (Å²) in [5.74, 6) is -0.248. The Labute approximate surface area is 654 Å². The molecule has 2 saturated heterocycles. The van der Waals surface area contributed by atoms with E-state index in [0.29, 0.717) is 12.8 Å². The van der Waals surface area contributed by atoms with Crippen molar-refractivity contribution < 1.29 is 64.6 Å². The van der Waals surface area contributed by atoms with Crippen molar-refractivity contribution in [3.8, 4) is 0 Å². The molecule has 1 amide bonds. The lowest BCUT2D eigenvalue weighted by molar-refractivity contribution is -0.359. The van der Waals surface area contributed by atoms with E-state index in [1.165, 1.54) is 250 Å². The van der Waals surface area contributed by atoms with Crippen LogP contribution in [0.5, 0.6) is 0 Å². The highest BCUT2D eigenvalue weighted by Gasteiger charge is 2.51. The highest BCUT2D eigenvalue weighted by Crippen LogP contribution is 2.30. The van der Waals surface area contributed by atoms with E-state index in [-0.39, 0.29) is 18.9 Å². The molecular formula is C93H163NO13. The van der Waals surface area contributed by atoms with Crippen LogP contribution in [0.4, 0.5) is 0 Å². The summed E-state index contributed by atoms with van der Waals surface area (Å²) < 4.78 is 22.9. The number of ether oxygens (including phenoxy) is 4. The van der Waals surface area contributed by atoms with Gasteiger partial charge in [0.05, 0.1) is 32.0 Å². The van der Waals surface area contributed by atoms with Gasteiger partial charge in [-0.3, -0.25) is 4.79 Å². The highest BCUT2D eigenvalue weighted by molar-refractivity contribution is 5.76. The molecule has 0 radical (unpaired) electrons. The minimum atomic E-state index is -1.80. The molecule has 0 aromatic heterocycles. The third-order valence-electron chi connectivity index (χ3n) is 20.9. The summed E-state index contributed by atoms with van der Waals surface area (Å²) in [6.45, 7) is 2.71. The van der Waals surface area contributed by atoms with Gasteiger partial charge in [-0.25, -0.2) is 0 Å². The van der Waals surface area contributed by atoms with Crippen LogP contribution in [0.3, 0.4) is 0 Å². The maximum Gasteiger partial charge on any atom is 0.220 e.